The molecule has 122 valence electrons. The molecule has 1 fully saturated rings. The van der Waals surface area contributed by atoms with Gasteiger partial charge in [-0.3, -0.25) is 4.79 Å². The minimum absolute atomic E-state index is 0.0473. The molecule has 1 atom stereocenters. The van der Waals surface area contributed by atoms with Crippen LogP contribution in [0.2, 0.25) is 0 Å². The number of furan rings is 1. The Hall–Kier alpha value is -2.21. The summed E-state index contributed by atoms with van der Waals surface area (Å²) in [6.45, 7) is 1.95. The van der Waals surface area contributed by atoms with Crippen LogP contribution in [0.3, 0.4) is 0 Å². The van der Waals surface area contributed by atoms with Crippen LogP contribution in [0, 0.1) is 11.6 Å². The third-order valence-corrected chi connectivity index (χ3v) is 4.04. The summed E-state index contributed by atoms with van der Waals surface area (Å²) in [7, 11) is 0. The second kappa shape index (κ2) is 6.12. The molecule has 1 N–H and O–H groups in total. The number of hydrogen-bond donors (Lipinski definition) is 1. The molecule has 6 heteroatoms. The van der Waals surface area contributed by atoms with Crippen LogP contribution in [0.5, 0.6) is 0 Å². The maximum absolute atomic E-state index is 14.0. The van der Waals surface area contributed by atoms with Crippen molar-refractivity contribution in [1.82, 2.24) is 5.32 Å². The molecule has 2 heterocycles. The minimum Gasteiger partial charge on any atom is -0.469 e. The van der Waals surface area contributed by atoms with Gasteiger partial charge in [-0.2, -0.15) is 0 Å². The van der Waals surface area contributed by atoms with Crippen LogP contribution in [0.25, 0.3) is 0 Å². The smallest absolute Gasteiger partial charge is 0.221 e. The lowest BCUT2D eigenvalue weighted by atomic mass is 9.86. The molecule has 1 aliphatic rings. The molecule has 1 saturated heterocycles. The molecule has 0 saturated carbocycles. The Balaban J connectivity index is 1.75. The standard InChI is InChI=1S/C17H17F2NO3/c1-11(14-6-3-7-23-14)8-15(21)20-17(9-22-10-17)16-12(18)4-2-5-13(16)19/h2-7,11H,8-10H2,1H3,(H,20,21)/t11-/m0/s1. The molecule has 23 heavy (non-hydrogen) atoms. The number of carbonyl (C=O) groups is 1. The quantitative estimate of drug-likeness (QED) is 0.921. The first-order valence-corrected chi connectivity index (χ1v) is 7.38. The molecule has 0 radical (unpaired) electrons. The van der Waals surface area contributed by atoms with Crippen molar-refractivity contribution in [3.05, 3.63) is 59.6 Å². The van der Waals surface area contributed by atoms with E-state index < -0.39 is 17.2 Å². The van der Waals surface area contributed by atoms with Gasteiger partial charge in [0.1, 0.15) is 22.9 Å². The predicted molar refractivity (Wildman–Crippen MR) is 78.7 cm³/mol. The highest BCUT2D eigenvalue weighted by Crippen LogP contribution is 2.34. The van der Waals surface area contributed by atoms with Crippen molar-refractivity contribution in [1.29, 1.82) is 0 Å². The Kier molecular flexibility index (Phi) is 4.17. The van der Waals surface area contributed by atoms with E-state index in [-0.39, 0.29) is 37.0 Å². The van der Waals surface area contributed by atoms with E-state index in [1.165, 1.54) is 18.2 Å². The first-order valence-electron chi connectivity index (χ1n) is 7.38. The summed E-state index contributed by atoms with van der Waals surface area (Å²) in [6, 6.07) is 7.19. The van der Waals surface area contributed by atoms with Gasteiger partial charge in [-0.05, 0) is 24.3 Å². The van der Waals surface area contributed by atoms with Gasteiger partial charge >= 0.3 is 0 Å². The van der Waals surface area contributed by atoms with Crippen molar-refractivity contribution in [2.75, 3.05) is 13.2 Å². The lowest BCUT2D eigenvalue weighted by Gasteiger charge is -2.42. The molecule has 0 spiro atoms. The molecule has 1 aromatic carbocycles. The second-order valence-corrected chi connectivity index (χ2v) is 5.84. The molecule has 4 nitrogen and oxygen atoms in total. The zero-order valence-corrected chi connectivity index (χ0v) is 12.6. The van der Waals surface area contributed by atoms with E-state index >= 15 is 0 Å². The molecular weight excluding hydrogens is 304 g/mol. The first kappa shape index (κ1) is 15.7. The molecule has 1 aromatic heterocycles. The molecule has 1 aliphatic heterocycles. The lowest BCUT2D eigenvalue weighted by Crippen LogP contribution is -2.60. The van der Waals surface area contributed by atoms with Crippen LogP contribution < -0.4 is 5.32 Å². The fraction of sp³-hybridized carbons (Fsp3) is 0.353. The molecule has 0 unspecified atom stereocenters. The number of nitrogens with one attached hydrogen (secondary N) is 1. The highest BCUT2D eigenvalue weighted by molar-refractivity contribution is 5.78. The fourth-order valence-corrected chi connectivity index (χ4v) is 2.81. The lowest BCUT2D eigenvalue weighted by molar-refractivity contribution is -0.134. The highest BCUT2D eigenvalue weighted by Gasteiger charge is 2.45. The Morgan fingerprint density at radius 3 is 2.48 bits per heavy atom. The van der Waals surface area contributed by atoms with Crippen molar-refractivity contribution in [2.24, 2.45) is 0 Å². The van der Waals surface area contributed by atoms with E-state index in [0.717, 1.165) is 0 Å². The largest absolute Gasteiger partial charge is 0.469 e. The molecule has 2 aromatic rings. The Morgan fingerprint density at radius 1 is 1.26 bits per heavy atom. The SMILES string of the molecule is C[C@@H](CC(=O)NC1(c2c(F)cccc2F)COC1)c1ccco1. The van der Waals surface area contributed by atoms with Gasteiger partial charge in [-0.15, -0.1) is 0 Å². The third kappa shape index (κ3) is 2.99. The van der Waals surface area contributed by atoms with E-state index in [0.29, 0.717) is 5.76 Å². The summed E-state index contributed by atoms with van der Waals surface area (Å²) in [6.07, 6.45) is 1.70. The molecule has 0 aliphatic carbocycles. The van der Waals surface area contributed by atoms with Crippen molar-refractivity contribution in [2.45, 2.75) is 24.8 Å². The molecule has 1 amide bonds. The van der Waals surface area contributed by atoms with Gasteiger partial charge in [0.05, 0.1) is 25.0 Å². The summed E-state index contributed by atoms with van der Waals surface area (Å²) in [4.78, 5) is 12.3. The number of hydrogen-bond acceptors (Lipinski definition) is 3. The minimum atomic E-state index is -1.14. The topological polar surface area (TPSA) is 51.5 Å². The van der Waals surface area contributed by atoms with Gasteiger partial charge in [-0.25, -0.2) is 8.78 Å². The normalized spacial score (nSPS) is 17.3. The van der Waals surface area contributed by atoms with Crippen LogP contribution in [0.15, 0.2) is 41.0 Å². The van der Waals surface area contributed by atoms with Gasteiger partial charge in [0, 0.05) is 12.3 Å². The van der Waals surface area contributed by atoms with Gasteiger partial charge in [0.15, 0.2) is 0 Å². The van der Waals surface area contributed by atoms with Crippen LogP contribution in [-0.4, -0.2) is 19.1 Å². The summed E-state index contributed by atoms with van der Waals surface area (Å²) >= 11 is 0. The maximum atomic E-state index is 14.0. The van der Waals surface area contributed by atoms with Crippen LogP contribution in [0.1, 0.15) is 30.6 Å². The summed E-state index contributed by atoms with van der Waals surface area (Å²) < 4.78 is 38.5. The Morgan fingerprint density at radius 2 is 1.96 bits per heavy atom. The van der Waals surface area contributed by atoms with Crippen molar-refractivity contribution in [3.63, 3.8) is 0 Å². The third-order valence-electron chi connectivity index (χ3n) is 4.04. The van der Waals surface area contributed by atoms with Crippen LogP contribution in [0.4, 0.5) is 8.78 Å². The van der Waals surface area contributed by atoms with E-state index in [9.17, 15) is 13.6 Å². The zero-order valence-electron chi connectivity index (χ0n) is 12.6. The van der Waals surface area contributed by atoms with E-state index in [2.05, 4.69) is 5.32 Å². The number of carbonyl (C=O) groups excluding carboxylic acids is 1. The van der Waals surface area contributed by atoms with E-state index in [4.69, 9.17) is 9.15 Å². The highest BCUT2D eigenvalue weighted by atomic mass is 19.1. The molecule has 0 bridgehead atoms. The first-order chi connectivity index (χ1) is 11.0. The summed E-state index contributed by atoms with van der Waals surface area (Å²) in [5.74, 6) is -1.12. The molecule has 3 rings (SSSR count). The Bertz CT molecular complexity index is 676. The van der Waals surface area contributed by atoms with Crippen LogP contribution >= 0.6 is 0 Å². The van der Waals surface area contributed by atoms with Gasteiger partial charge < -0.3 is 14.5 Å². The second-order valence-electron chi connectivity index (χ2n) is 5.84. The van der Waals surface area contributed by atoms with Crippen LogP contribution in [-0.2, 0) is 15.1 Å². The number of ether oxygens (including phenoxy) is 1. The van der Waals surface area contributed by atoms with E-state index in [1.54, 1.807) is 18.4 Å². The van der Waals surface area contributed by atoms with Gasteiger partial charge in [0.25, 0.3) is 0 Å². The van der Waals surface area contributed by atoms with Gasteiger partial charge in [0.2, 0.25) is 5.91 Å². The van der Waals surface area contributed by atoms with Gasteiger partial charge in [-0.1, -0.05) is 13.0 Å². The van der Waals surface area contributed by atoms with Crippen molar-refractivity contribution >= 4 is 5.91 Å². The average molecular weight is 321 g/mol. The Labute approximate surface area is 132 Å². The summed E-state index contributed by atoms with van der Waals surface area (Å²) in [5.41, 5.74) is -1.29. The van der Waals surface area contributed by atoms with E-state index in [1.807, 2.05) is 6.92 Å². The zero-order chi connectivity index (χ0) is 16.4. The monoisotopic (exact) mass is 321 g/mol. The number of rotatable bonds is 5. The number of halogens is 2. The predicted octanol–water partition coefficient (Wildman–Crippen LogP) is 3.09. The number of amides is 1. The molecular formula is C17H17F2NO3. The van der Waals surface area contributed by atoms with Crippen molar-refractivity contribution < 1.29 is 22.7 Å². The fourth-order valence-electron chi connectivity index (χ4n) is 2.81. The average Bonchev–Trinajstić information content (AvgIpc) is 2.98. The van der Waals surface area contributed by atoms with Crippen molar-refractivity contribution in [3.8, 4) is 0 Å². The number of benzene rings is 1. The summed E-state index contributed by atoms with van der Waals surface area (Å²) in [5, 5.41) is 2.74. The maximum Gasteiger partial charge on any atom is 0.221 e.